The molecular weight excluding hydrogens is 449 g/mol. The average molecular weight is 473 g/mol. The predicted molar refractivity (Wildman–Crippen MR) is 132 cm³/mol. The monoisotopic (exact) mass is 473 g/mol. The number of pyridine rings is 1. The highest BCUT2D eigenvalue weighted by Crippen LogP contribution is 2.39. The number of thioether (sulfide) groups is 1. The van der Waals surface area contributed by atoms with Gasteiger partial charge in [0.2, 0.25) is 0 Å². The number of carbonyl (C=O) groups is 1. The van der Waals surface area contributed by atoms with E-state index < -0.39 is 11.9 Å². The maximum absolute atomic E-state index is 12.1. The van der Waals surface area contributed by atoms with Gasteiger partial charge in [0, 0.05) is 22.9 Å². The summed E-state index contributed by atoms with van der Waals surface area (Å²) in [5.74, 6) is -0.243. The van der Waals surface area contributed by atoms with Crippen molar-refractivity contribution in [2.45, 2.75) is 30.4 Å². The number of aromatic nitrogens is 1. The second-order valence-electron chi connectivity index (χ2n) is 7.50. The zero-order chi connectivity index (χ0) is 25.1. The topological polar surface area (TPSA) is 127 Å². The number of rotatable bonds is 6. The fourth-order valence-electron chi connectivity index (χ4n) is 2.76. The van der Waals surface area contributed by atoms with E-state index in [1.807, 2.05) is 38.1 Å². The second kappa shape index (κ2) is 12.6. The van der Waals surface area contributed by atoms with Gasteiger partial charge >= 0.3 is 13.1 Å². The zero-order valence-electron chi connectivity index (χ0n) is 19.1. The summed E-state index contributed by atoms with van der Waals surface area (Å²) in [5.41, 5.74) is 3.40. The molecule has 3 aromatic rings. The molecule has 0 fully saturated rings. The number of esters is 1. The second-order valence-corrected chi connectivity index (χ2v) is 9.17. The molecule has 0 bridgehead atoms. The lowest BCUT2D eigenvalue weighted by Gasteiger charge is -2.23. The molecule has 7 nitrogen and oxygen atoms in total. The van der Waals surface area contributed by atoms with E-state index in [-0.39, 0.29) is 5.97 Å². The lowest BCUT2D eigenvalue weighted by atomic mass is 9.80. The molecule has 0 radical (unpaired) electrons. The van der Waals surface area contributed by atoms with Gasteiger partial charge in [-0.2, -0.15) is 10.5 Å². The van der Waals surface area contributed by atoms with Crippen molar-refractivity contribution < 1.29 is 19.6 Å². The van der Waals surface area contributed by atoms with Gasteiger partial charge in [-0.15, -0.1) is 11.8 Å². The van der Waals surface area contributed by atoms with Crippen LogP contribution in [0.1, 0.15) is 31.9 Å². The Bertz CT molecular complexity index is 1180. The van der Waals surface area contributed by atoms with E-state index in [9.17, 15) is 4.79 Å². The Kier molecular flexibility index (Phi) is 9.84. The smallest absolute Gasteiger partial charge is 0.465 e. The van der Waals surface area contributed by atoms with Crippen LogP contribution in [0.25, 0.3) is 11.1 Å². The van der Waals surface area contributed by atoms with Crippen molar-refractivity contribution in [3.63, 3.8) is 0 Å². The third kappa shape index (κ3) is 7.46. The molecular formula is C25H24BN3O4S. The first-order chi connectivity index (χ1) is 16.2. The van der Waals surface area contributed by atoms with E-state index in [1.165, 1.54) is 36.0 Å². The van der Waals surface area contributed by atoms with Crippen molar-refractivity contribution in [3.8, 4) is 23.3 Å². The van der Waals surface area contributed by atoms with Gasteiger partial charge in [0.25, 0.3) is 0 Å². The van der Waals surface area contributed by atoms with E-state index in [1.54, 1.807) is 31.5 Å². The first kappa shape index (κ1) is 26.6. The van der Waals surface area contributed by atoms with Crippen molar-refractivity contribution >= 4 is 30.3 Å². The van der Waals surface area contributed by atoms with Crippen LogP contribution in [-0.4, -0.2) is 39.5 Å². The van der Waals surface area contributed by atoms with Crippen molar-refractivity contribution in [2.24, 2.45) is 0 Å². The molecule has 2 N–H and O–H groups in total. The van der Waals surface area contributed by atoms with Crippen LogP contribution in [0.5, 0.6) is 0 Å². The Balaban J connectivity index is 0.000000310. The molecule has 0 unspecified atom stereocenters. The maximum Gasteiger partial charge on any atom is 0.488 e. The van der Waals surface area contributed by atoms with Gasteiger partial charge in [-0.25, -0.2) is 0 Å². The molecule has 0 amide bonds. The van der Waals surface area contributed by atoms with Crippen LogP contribution < -0.4 is 5.46 Å². The van der Waals surface area contributed by atoms with Crippen LogP contribution in [-0.2, 0) is 9.53 Å². The van der Waals surface area contributed by atoms with Crippen molar-refractivity contribution in [2.75, 3.05) is 6.61 Å². The van der Waals surface area contributed by atoms with Gasteiger partial charge in [0.15, 0.2) is 0 Å². The standard InChI is InChI=1S/C18H18N2O2S.C7H6BNO2/c1-4-22-17(21)18(2,3)23-16-9-10-20-12-15(16)14-7-5-13(11-19)6-8-14;9-5-6-1-3-7(4-2-6)8(10)11/h5-10,12H,4H2,1-3H3;1-4,10-11H. The van der Waals surface area contributed by atoms with E-state index in [0.29, 0.717) is 23.2 Å². The van der Waals surface area contributed by atoms with Crippen LogP contribution in [0, 0.1) is 22.7 Å². The fourth-order valence-corrected chi connectivity index (χ4v) is 3.86. The lowest BCUT2D eigenvalue weighted by Crippen LogP contribution is -2.30. The third-order valence-electron chi connectivity index (χ3n) is 4.58. The summed E-state index contributed by atoms with van der Waals surface area (Å²) in [7, 11) is -1.46. The predicted octanol–water partition coefficient (Wildman–Crippen LogP) is 3.29. The molecule has 0 atom stereocenters. The van der Waals surface area contributed by atoms with Crippen LogP contribution in [0.2, 0.25) is 0 Å². The number of nitrogens with zero attached hydrogens (tertiary/aromatic N) is 3. The van der Waals surface area contributed by atoms with Crippen molar-refractivity contribution in [3.05, 3.63) is 78.1 Å². The Morgan fingerprint density at radius 2 is 1.59 bits per heavy atom. The number of hydrogen-bond donors (Lipinski definition) is 2. The quantitative estimate of drug-likeness (QED) is 0.317. The highest BCUT2D eigenvalue weighted by molar-refractivity contribution is 8.01. The lowest BCUT2D eigenvalue weighted by molar-refractivity contribution is -0.145. The van der Waals surface area contributed by atoms with Crippen LogP contribution in [0.15, 0.2) is 71.9 Å². The summed E-state index contributed by atoms with van der Waals surface area (Å²) in [6.45, 7) is 5.85. The molecule has 0 spiro atoms. The highest BCUT2D eigenvalue weighted by atomic mass is 32.2. The van der Waals surface area contributed by atoms with Gasteiger partial charge in [-0.3, -0.25) is 9.78 Å². The molecule has 0 aliphatic carbocycles. The largest absolute Gasteiger partial charge is 0.488 e. The summed E-state index contributed by atoms with van der Waals surface area (Å²) in [4.78, 5) is 17.2. The van der Waals surface area contributed by atoms with Gasteiger partial charge in [-0.1, -0.05) is 24.3 Å². The van der Waals surface area contributed by atoms with E-state index in [4.69, 9.17) is 25.3 Å². The molecule has 0 aliphatic rings. The van der Waals surface area contributed by atoms with E-state index in [2.05, 4.69) is 11.1 Å². The molecule has 34 heavy (non-hydrogen) atoms. The Hall–Kier alpha value is -3.63. The van der Waals surface area contributed by atoms with Gasteiger partial charge < -0.3 is 14.8 Å². The minimum absolute atomic E-state index is 0.243. The summed E-state index contributed by atoms with van der Waals surface area (Å²) in [5, 5.41) is 34.6. The van der Waals surface area contributed by atoms with Gasteiger partial charge in [0.05, 0.1) is 29.9 Å². The van der Waals surface area contributed by atoms with Crippen molar-refractivity contribution in [1.29, 1.82) is 10.5 Å². The minimum atomic E-state index is -1.46. The van der Waals surface area contributed by atoms with E-state index >= 15 is 0 Å². The first-order valence-electron chi connectivity index (χ1n) is 10.4. The molecule has 1 aromatic heterocycles. The Labute approximate surface area is 203 Å². The number of hydrogen-bond acceptors (Lipinski definition) is 8. The van der Waals surface area contributed by atoms with Crippen LogP contribution >= 0.6 is 11.8 Å². The molecule has 2 aromatic carbocycles. The van der Waals surface area contributed by atoms with Crippen LogP contribution in [0.4, 0.5) is 0 Å². The zero-order valence-corrected chi connectivity index (χ0v) is 19.9. The normalized spacial score (nSPS) is 10.2. The van der Waals surface area contributed by atoms with Crippen molar-refractivity contribution in [1.82, 2.24) is 4.98 Å². The maximum atomic E-state index is 12.1. The Morgan fingerprint density at radius 1 is 1.03 bits per heavy atom. The molecule has 0 aliphatic heterocycles. The number of benzene rings is 2. The third-order valence-corrected chi connectivity index (χ3v) is 5.83. The summed E-state index contributed by atoms with van der Waals surface area (Å²) < 4.78 is 4.45. The fraction of sp³-hybridized carbons (Fsp3) is 0.200. The molecule has 172 valence electrons. The molecule has 1 heterocycles. The molecule has 0 saturated carbocycles. The number of nitriles is 2. The Morgan fingerprint density at radius 3 is 2.09 bits per heavy atom. The summed E-state index contributed by atoms with van der Waals surface area (Å²) >= 11 is 1.45. The van der Waals surface area contributed by atoms with E-state index in [0.717, 1.165) is 16.0 Å². The SMILES string of the molecule is CCOC(=O)C(C)(C)Sc1ccncc1-c1ccc(C#N)cc1.N#Cc1ccc(B(O)O)cc1. The molecule has 0 saturated heterocycles. The summed E-state index contributed by atoms with van der Waals surface area (Å²) in [6.07, 6.45) is 3.47. The molecule has 3 rings (SSSR count). The first-order valence-corrected chi connectivity index (χ1v) is 11.2. The average Bonchev–Trinajstić information content (AvgIpc) is 2.85. The highest BCUT2D eigenvalue weighted by Gasteiger charge is 2.31. The minimum Gasteiger partial charge on any atom is -0.465 e. The van der Waals surface area contributed by atoms with Gasteiger partial charge in [-0.05, 0) is 62.1 Å². The number of carbonyl (C=O) groups excluding carboxylic acids is 1. The summed E-state index contributed by atoms with van der Waals surface area (Å²) in [6, 6.07) is 19.3. The van der Waals surface area contributed by atoms with Gasteiger partial charge in [0.1, 0.15) is 4.75 Å². The number of ether oxygens (including phenoxy) is 1. The van der Waals surface area contributed by atoms with Crippen LogP contribution in [0.3, 0.4) is 0 Å². The molecule has 9 heteroatoms.